The average Bonchev–Trinajstić information content (AvgIpc) is 2.73. The molecule has 3 nitrogen and oxygen atoms in total. The first-order chi connectivity index (χ1) is 8.70. The smallest absolute Gasteiger partial charge is 0.0459 e. The van der Waals surface area contributed by atoms with Gasteiger partial charge in [-0.05, 0) is 37.1 Å². The second-order valence-corrected chi connectivity index (χ2v) is 5.46. The number of benzene rings is 1. The second-order valence-electron chi connectivity index (χ2n) is 5.46. The van der Waals surface area contributed by atoms with Gasteiger partial charge in [0, 0.05) is 43.9 Å². The van der Waals surface area contributed by atoms with Crippen molar-refractivity contribution in [2.75, 3.05) is 33.2 Å². The van der Waals surface area contributed by atoms with Crippen molar-refractivity contribution < 1.29 is 0 Å². The van der Waals surface area contributed by atoms with E-state index >= 15 is 0 Å². The lowest BCUT2D eigenvalue weighted by Gasteiger charge is -2.31. The average molecular weight is 243 g/mol. The lowest BCUT2D eigenvalue weighted by atomic mass is 10.2. The van der Waals surface area contributed by atoms with Crippen LogP contribution in [0.5, 0.6) is 0 Å². The Hall–Kier alpha value is -1.32. The van der Waals surface area contributed by atoms with Crippen molar-refractivity contribution in [2.45, 2.75) is 13.5 Å². The van der Waals surface area contributed by atoms with Crippen LogP contribution in [0.4, 0.5) is 0 Å². The molecule has 2 heterocycles. The van der Waals surface area contributed by atoms with Crippen LogP contribution < -0.4 is 0 Å². The molecule has 0 saturated carbocycles. The highest BCUT2D eigenvalue weighted by Gasteiger charge is 2.14. The predicted octanol–water partition coefficient (Wildman–Crippen LogP) is 2.22. The molecular weight excluding hydrogens is 222 g/mol. The minimum atomic E-state index is 1.04. The molecule has 2 aromatic rings. The number of H-pyrrole nitrogens is 1. The zero-order valence-corrected chi connectivity index (χ0v) is 11.2. The van der Waals surface area contributed by atoms with Crippen LogP contribution in [-0.2, 0) is 6.54 Å². The summed E-state index contributed by atoms with van der Waals surface area (Å²) in [6.07, 6.45) is 0. The van der Waals surface area contributed by atoms with E-state index in [1.807, 2.05) is 0 Å². The quantitative estimate of drug-likeness (QED) is 0.874. The van der Waals surface area contributed by atoms with Crippen LogP contribution >= 0.6 is 0 Å². The van der Waals surface area contributed by atoms with Crippen molar-refractivity contribution >= 4 is 10.9 Å². The Labute approximate surface area is 108 Å². The SMILES string of the molecule is Cc1ccc2cc(CN3CCN(C)CC3)[nH]c2c1. The Balaban J connectivity index is 1.74. The van der Waals surface area contributed by atoms with Crippen LogP contribution in [0.3, 0.4) is 0 Å². The Kier molecular flexibility index (Phi) is 3.10. The fraction of sp³-hybridized carbons (Fsp3) is 0.467. The maximum Gasteiger partial charge on any atom is 0.0459 e. The molecule has 96 valence electrons. The second kappa shape index (κ2) is 4.75. The summed E-state index contributed by atoms with van der Waals surface area (Å²) in [6.45, 7) is 7.89. The van der Waals surface area contributed by atoms with E-state index in [0.717, 1.165) is 6.54 Å². The highest BCUT2D eigenvalue weighted by Crippen LogP contribution is 2.18. The van der Waals surface area contributed by atoms with Crippen LogP contribution in [0, 0.1) is 6.92 Å². The molecule has 1 saturated heterocycles. The van der Waals surface area contributed by atoms with Gasteiger partial charge in [0.15, 0.2) is 0 Å². The molecule has 3 heteroatoms. The Morgan fingerprint density at radius 3 is 2.67 bits per heavy atom. The van der Waals surface area contributed by atoms with E-state index in [4.69, 9.17) is 0 Å². The minimum absolute atomic E-state index is 1.04. The van der Waals surface area contributed by atoms with Crippen LogP contribution in [0.2, 0.25) is 0 Å². The number of rotatable bonds is 2. The molecule has 0 atom stereocenters. The number of aromatic nitrogens is 1. The molecule has 18 heavy (non-hydrogen) atoms. The van der Waals surface area contributed by atoms with Crippen LogP contribution in [0.25, 0.3) is 10.9 Å². The first-order valence-corrected chi connectivity index (χ1v) is 6.70. The summed E-state index contributed by atoms with van der Waals surface area (Å²) >= 11 is 0. The van der Waals surface area contributed by atoms with Gasteiger partial charge in [-0.25, -0.2) is 0 Å². The van der Waals surface area contributed by atoms with E-state index in [0.29, 0.717) is 0 Å². The van der Waals surface area contributed by atoms with Crippen molar-refractivity contribution in [3.63, 3.8) is 0 Å². The largest absolute Gasteiger partial charge is 0.357 e. The van der Waals surface area contributed by atoms with Gasteiger partial charge >= 0.3 is 0 Å². The minimum Gasteiger partial charge on any atom is -0.357 e. The molecule has 1 N–H and O–H groups in total. The van der Waals surface area contributed by atoms with Gasteiger partial charge < -0.3 is 9.88 Å². The standard InChI is InChI=1S/C15H21N3/c1-12-3-4-13-10-14(16-15(13)9-12)11-18-7-5-17(2)6-8-18/h3-4,9-10,16H,5-8,11H2,1-2H3. The summed E-state index contributed by atoms with van der Waals surface area (Å²) in [5.74, 6) is 0. The zero-order chi connectivity index (χ0) is 12.5. The maximum absolute atomic E-state index is 3.54. The van der Waals surface area contributed by atoms with Gasteiger partial charge in [-0.15, -0.1) is 0 Å². The molecule has 1 fully saturated rings. The molecule has 1 aliphatic heterocycles. The summed E-state index contributed by atoms with van der Waals surface area (Å²) in [5, 5.41) is 1.32. The highest BCUT2D eigenvalue weighted by atomic mass is 15.2. The van der Waals surface area contributed by atoms with Gasteiger partial charge in [-0.1, -0.05) is 12.1 Å². The van der Waals surface area contributed by atoms with Gasteiger partial charge in [0.2, 0.25) is 0 Å². The zero-order valence-electron chi connectivity index (χ0n) is 11.2. The molecule has 3 rings (SSSR count). The first-order valence-electron chi connectivity index (χ1n) is 6.70. The lowest BCUT2D eigenvalue weighted by Crippen LogP contribution is -2.43. The Morgan fingerprint density at radius 2 is 1.89 bits per heavy atom. The summed E-state index contributed by atoms with van der Waals surface area (Å²) in [6, 6.07) is 8.89. The lowest BCUT2D eigenvalue weighted by molar-refractivity contribution is 0.147. The molecule has 1 aliphatic rings. The number of piperazine rings is 1. The van der Waals surface area contributed by atoms with E-state index in [2.05, 4.69) is 53.0 Å². The van der Waals surface area contributed by atoms with Crippen LogP contribution in [0.1, 0.15) is 11.3 Å². The van der Waals surface area contributed by atoms with Gasteiger partial charge in [0.05, 0.1) is 0 Å². The molecular formula is C15H21N3. The number of nitrogens with one attached hydrogen (secondary N) is 1. The van der Waals surface area contributed by atoms with Gasteiger partial charge in [-0.2, -0.15) is 0 Å². The molecule has 0 spiro atoms. The van der Waals surface area contributed by atoms with E-state index in [1.165, 1.54) is 48.3 Å². The Bertz CT molecular complexity index is 536. The fourth-order valence-corrected chi connectivity index (χ4v) is 2.63. The van der Waals surface area contributed by atoms with E-state index in [1.54, 1.807) is 0 Å². The van der Waals surface area contributed by atoms with Gasteiger partial charge in [0.1, 0.15) is 0 Å². The summed E-state index contributed by atoms with van der Waals surface area (Å²) in [5.41, 5.74) is 3.91. The topological polar surface area (TPSA) is 22.3 Å². The molecule has 0 aliphatic carbocycles. The molecule has 0 bridgehead atoms. The number of hydrogen-bond acceptors (Lipinski definition) is 2. The fourth-order valence-electron chi connectivity index (χ4n) is 2.63. The Morgan fingerprint density at radius 1 is 1.11 bits per heavy atom. The number of hydrogen-bond donors (Lipinski definition) is 1. The van der Waals surface area contributed by atoms with E-state index in [-0.39, 0.29) is 0 Å². The van der Waals surface area contributed by atoms with Crippen molar-refractivity contribution in [3.8, 4) is 0 Å². The van der Waals surface area contributed by atoms with Crippen LogP contribution in [0.15, 0.2) is 24.3 Å². The first kappa shape index (κ1) is 11.8. The number of likely N-dealkylation sites (N-methyl/N-ethyl adjacent to an activating group) is 1. The molecule has 1 aromatic carbocycles. The number of fused-ring (bicyclic) bond motifs is 1. The van der Waals surface area contributed by atoms with Crippen molar-refractivity contribution in [1.29, 1.82) is 0 Å². The van der Waals surface area contributed by atoms with Crippen molar-refractivity contribution in [1.82, 2.24) is 14.8 Å². The molecule has 0 radical (unpaired) electrons. The van der Waals surface area contributed by atoms with Crippen molar-refractivity contribution in [3.05, 3.63) is 35.5 Å². The molecule has 0 amide bonds. The highest BCUT2D eigenvalue weighted by molar-refractivity contribution is 5.81. The van der Waals surface area contributed by atoms with Gasteiger partial charge in [0.25, 0.3) is 0 Å². The van der Waals surface area contributed by atoms with Crippen molar-refractivity contribution in [2.24, 2.45) is 0 Å². The maximum atomic E-state index is 3.54. The number of nitrogens with zero attached hydrogens (tertiary/aromatic N) is 2. The van der Waals surface area contributed by atoms with E-state index in [9.17, 15) is 0 Å². The monoisotopic (exact) mass is 243 g/mol. The molecule has 1 aromatic heterocycles. The number of aromatic amines is 1. The molecule has 0 unspecified atom stereocenters. The third kappa shape index (κ3) is 2.42. The van der Waals surface area contributed by atoms with Gasteiger partial charge in [-0.3, -0.25) is 4.90 Å². The predicted molar refractivity (Wildman–Crippen MR) is 75.8 cm³/mol. The van der Waals surface area contributed by atoms with E-state index < -0.39 is 0 Å². The summed E-state index contributed by atoms with van der Waals surface area (Å²) in [4.78, 5) is 8.46. The summed E-state index contributed by atoms with van der Waals surface area (Å²) < 4.78 is 0. The third-order valence-corrected chi connectivity index (χ3v) is 3.82. The van der Waals surface area contributed by atoms with Crippen LogP contribution in [-0.4, -0.2) is 48.0 Å². The number of aryl methyl sites for hydroxylation is 1. The normalized spacial score (nSPS) is 18.6. The third-order valence-electron chi connectivity index (χ3n) is 3.82. The summed E-state index contributed by atoms with van der Waals surface area (Å²) in [7, 11) is 2.20.